The molecule has 1 aromatic heterocycles. The summed E-state index contributed by atoms with van der Waals surface area (Å²) in [6.07, 6.45) is 2.33. The highest BCUT2D eigenvalue weighted by Gasteiger charge is 2.30. The molecule has 1 saturated heterocycles. The van der Waals surface area contributed by atoms with Crippen LogP contribution >= 0.6 is 0 Å². The molecular weight excluding hydrogens is 383 g/mol. The Hall–Kier alpha value is -2.71. The van der Waals surface area contributed by atoms with Crippen molar-refractivity contribution in [2.45, 2.75) is 25.6 Å². The van der Waals surface area contributed by atoms with Crippen LogP contribution in [0.25, 0.3) is 0 Å². The number of nitrogens with one attached hydrogen (secondary N) is 1. The number of hydrogen-bond donors (Lipinski definition) is 1. The summed E-state index contributed by atoms with van der Waals surface area (Å²) in [6, 6.07) is 5.03. The van der Waals surface area contributed by atoms with Crippen LogP contribution in [0, 0.1) is 5.92 Å². The molecule has 0 radical (unpaired) electrons. The van der Waals surface area contributed by atoms with Gasteiger partial charge < -0.3 is 19.5 Å². The molecule has 3 rings (SSSR count). The van der Waals surface area contributed by atoms with Crippen LogP contribution in [0.1, 0.15) is 24.9 Å². The number of piperidine rings is 1. The Kier molecular flexibility index (Phi) is 6.66. The fourth-order valence-electron chi connectivity index (χ4n) is 3.50. The third-order valence-electron chi connectivity index (χ3n) is 5.17. The van der Waals surface area contributed by atoms with Crippen LogP contribution in [0.3, 0.4) is 0 Å². The zero-order valence-electron chi connectivity index (χ0n) is 16.6. The standard InChI is InChI=1S/C20H26F3N5O/c1-15-7-10-27(13-18(15)28-11-8-25-14-28)19(24-2)26-9-12-29-17-5-3-16(4-6-17)20(21,22)23/h3-6,8,11,14-15,18H,7,9-10,12-13H2,1-2H3,(H,24,26). The van der Waals surface area contributed by atoms with E-state index in [1.165, 1.54) is 12.1 Å². The molecule has 1 aliphatic rings. The van der Waals surface area contributed by atoms with Crippen LogP contribution in [0.2, 0.25) is 0 Å². The van der Waals surface area contributed by atoms with Crippen molar-refractivity contribution in [3.63, 3.8) is 0 Å². The molecule has 9 heteroatoms. The first-order valence-electron chi connectivity index (χ1n) is 9.61. The van der Waals surface area contributed by atoms with Gasteiger partial charge in [0.05, 0.1) is 24.5 Å². The first kappa shape index (κ1) is 21.0. The van der Waals surface area contributed by atoms with E-state index in [2.05, 4.69) is 31.7 Å². The number of ether oxygens (including phenoxy) is 1. The summed E-state index contributed by atoms with van der Waals surface area (Å²) in [4.78, 5) is 10.7. The quantitative estimate of drug-likeness (QED) is 0.467. The number of nitrogens with zero attached hydrogens (tertiary/aromatic N) is 4. The van der Waals surface area contributed by atoms with E-state index in [9.17, 15) is 13.2 Å². The SMILES string of the molecule is CN=C(NCCOc1ccc(C(F)(F)F)cc1)N1CCC(C)C(n2ccnc2)C1. The van der Waals surface area contributed by atoms with Gasteiger partial charge in [-0.15, -0.1) is 0 Å². The number of aromatic nitrogens is 2. The van der Waals surface area contributed by atoms with E-state index >= 15 is 0 Å². The Labute approximate surface area is 168 Å². The van der Waals surface area contributed by atoms with E-state index in [4.69, 9.17) is 4.74 Å². The Morgan fingerprint density at radius 2 is 2.07 bits per heavy atom. The predicted octanol–water partition coefficient (Wildman–Crippen LogP) is 3.44. The van der Waals surface area contributed by atoms with Crippen molar-refractivity contribution in [3.05, 3.63) is 48.5 Å². The molecule has 0 aliphatic carbocycles. The lowest BCUT2D eigenvalue weighted by molar-refractivity contribution is -0.137. The van der Waals surface area contributed by atoms with Gasteiger partial charge in [0.15, 0.2) is 5.96 Å². The first-order valence-corrected chi connectivity index (χ1v) is 9.61. The molecule has 158 valence electrons. The van der Waals surface area contributed by atoms with Crippen molar-refractivity contribution >= 4 is 5.96 Å². The van der Waals surface area contributed by atoms with Gasteiger partial charge in [-0.2, -0.15) is 13.2 Å². The van der Waals surface area contributed by atoms with Gasteiger partial charge >= 0.3 is 6.18 Å². The molecule has 1 aromatic carbocycles. The number of guanidine groups is 1. The van der Waals surface area contributed by atoms with Crippen molar-refractivity contribution in [1.29, 1.82) is 0 Å². The molecule has 0 saturated carbocycles. The molecule has 2 unspecified atom stereocenters. The average molecular weight is 409 g/mol. The normalized spacial score (nSPS) is 20.6. The van der Waals surface area contributed by atoms with E-state index in [0.29, 0.717) is 30.9 Å². The summed E-state index contributed by atoms with van der Waals surface area (Å²) in [7, 11) is 1.74. The van der Waals surface area contributed by atoms with Crippen molar-refractivity contribution < 1.29 is 17.9 Å². The molecule has 1 aliphatic heterocycles. The number of aliphatic imine (C=N–C) groups is 1. The molecule has 1 N–H and O–H groups in total. The lowest BCUT2D eigenvalue weighted by Crippen LogP contribution is -2.49. The highest BCUT2D eigenvalue weighted by molar-refractivity contribution is 5.80. The minimum atomic E-state index is -4.34. The van der Waals surface area contributed by atoms with E-state index < -0.39 is 11.7 Å². The van der Waals surface area contributed by atoms with Crippen molar-refractivity contribution in [1.82, 2.24) is 19.8 Å². The first-order chi connectivity index (χ1) is 13.9. The molecule has 0 spiro atoms. The molecule has 1 fully saturated rings. The number of likely N-dealkylation sites (tertiary alicyclic amines) is 1. The number of halogens is 3. The van der Waals surface area contributed by atoms with Crippen LogP contribution in [-0.4, -0.2) is 53.7 Å². The molecule has 29 heavy (non-hydrogen) atoms. The fraction of sp³-hybridized carbons (Fsp3) is 0.500. The zero-order valence-corrected chi connectivity index (χ0v) is 16.6. The molecule has 6 nitrogen and oxygen atoms in total. The summed E-state index contributed by atoms with van der Waals surface area (Å²) >= 11 is 0. The van der Waals surface area contributed by atoms with Gasteiger partial charge in [-0.3, -0.25) is 4.99 Å². The van der Waals surface area contributed by atoms with Gasteiger partial charge in [0, 0.05) is 32.5 Å². The van der Waals surface area contributed by atoms with E-state index in [1.807, 2.05) is 12.5 Å². The van der Waals surface area contributed by atoms with Crippen LogP contribution in [0.15, 0.2) is 48.0 Å². The number of alkyl halides is 3. The Balaban J connectivity index is 1.48. The smallest absolute Gasteiger partial charge is 0.416 e. The lowest BCUT2D eigenvalue weighted by Gasteiger charge is -2.39. The topological polar surface area (TPSA) is 54.7 Å². The van der Waals surface area contributed by atoms with Crippen LogP contribution in [-0.2, 0) is 6.18 Å². The van der Waals surface area contributed by atoms with Crippen molar-refractivity contribution in [2.75, 3.05) is 33.3 Å². The van der Waals surface area contributed by atoms with E-state index in [1.54, 1.807) is 13.2 Å². The second-order valence-electron chi connectivity index (χ2n) is 7.13. The van der Waals surface area contributed by atoms with Gasteiger partial charge in [0.25, 0.3) is 0 Å². The summed E-state index contributed by atoms with van der Waals surface area (Å²) in [6.45, 7) is 4.80. The largest absolute Gasteiger partial charge is 0.492 e. The van der Waals surface area contributed by atoms with Crippen LogP contribution in [0.5, 0.6) is 5.75 Å². The van der Waals surface area contributed by atoms with Crippen molar-refractivity contribution in [3.8, 4) is 5.75 Å². The molecule has 2 heterocycles. The number of rotatable bonds is 5. The minimum Gasteiger partial charge on any atom is -0.492 e. The predicted molar refractivity (Wildman–Crippen MR) is 105 cm³/mol. The maximum atomic E-state index is 12.6. The molecule has 2 atom stereocenters. The van der Waals surface area contributed by atoms with Gasteiger partial charge in [-0.1, -0.05) is 6.92 Å². The summed E-state index contributed by atoms with van der Waals surface area (Å²) in [5, 5.41) is 3.27. The molecule has 0 amide bonds. The van der Waals surface area contributed by atoms with E-state index in [-0.39, 0.29) is 0 Å². The molecular formula is C20H26F3N5O. The van der Waals surface area contributed by atoms with Crippen LogP contribution < -0.4 is 10.1 Å². The maximum Gasteiger partial charge on any atom is 0.416 e. The second-order valence-corrected chi connectivity index (χ2v) is 7.13. The van der Waals surface area contributed by atoms with Crippen LogP contribution in [0.4, 0.5) is 13.2 Å². The lowest BCUT2D eigenvalue weighted by atomic mass is 9.93. The number of hydrogen-bond acceptors (Lipinski definition) is 3. The monoisotopic (exact) mass is 409 g/mol. The Bertz CT molecular complexity index is 789. The average Bonchev–Trinajstić information content (AvgIpc) is 3.23. The number of benzene rings is 1. The van der Waals surface area contributed by atoms with Crippen molar-refractivity contribution in [2.24, 2.45) is 10.9 Å². The Morgan fingerprint density at radius 1 is 1.31 bits per heavy atom. The summed E-state index contributed by atoms with van der Waals surface area (Å²) < 4.78 is 45.5. The summed E-state index contributed by atoms with van der Waals surface area (Å²) in [5.74, 6) is 1.74. The summed E-state index contributed by atoms with van der Waals surface area (Å²) in [5.41, 5.74) is -0.685. The third kappa shape index (κ3) is 5.42. The fourth-order valence-corrected chi connectivity index (χ4v) is 3.50. The second kappa shape index (κ2) is 9.19. The van der Waals surface area contributed by atoms with Gasteiger partial charge in [0.2, 0.25) is 0 Å². The molecule has 0 bridgehead atoms. The molecule has 2 aromatic rings. The highest BCUT2D eigenvalue weighted by Crippen LogP contribution is 2.30. The van der Waals surface area contributed by atoms with Gasteiger partial charge in [0.1, 0.15) is 12.4 Å². The zero-order chi connectivity index (χ0) is 20.9. The highest BCUT2D eigenvalue weighted by atomic mass is 19.4. The van der Waals surface area contributed by atoms with Gasteiger partial charge in [-0.05, 0) is 36.6 Å². The third-order valence-corrected chi connectivity index (χ3v) is 5.17. The minimum absolute atomic E-state index is 0.319. The van der Waals surface area contributed by atoms with E-state index in [0.717, 1.165) is 37.6 Å². The maximum absolute atomic E-state index is 12.6. The Morgan fingerprint density at radius 3 is 2.69 bits per heavy atom. The van der Waals surface area contributed by atoms with Gasteiger partial charge in [-0.25, -0.2) is 4.98 Å². The number of imidazole rings is 1.